The van der Waals surface area contributed by atoms with Crippen LogP contribution < -0.4 is 10.2 Å². The monoisotopic (exact) mass is 458 g/mol. The molecule has 1 N–H and O–H groups in total. The third-order valence-electron chi connectivity index (χ3n) is 4.70. The Morgan fingerprint density at radius 3 is 2.55 bits per heavy atom. The largest absolute Gasteiger partial charge is 0.457 e. The molecule has 1 fully saturated rings. The van der Waals surface area contributed by atoms with Crippen molar-refractivity contribution in [3.05, 3.63) is 81.3 Å². The van der Waals surface area contributed by atoms with Crippen LogP contribution in [-0.2, 0) is 9.59 Å². The number of hydrogen-bond acceptors (Lipinski definition) is 4. The zero-order valence-electron chi connectivity index (χ0n) is 15.9. The zero-order valence-corrected chi connectivity index (χ0v) is 17.4. The van der Waals surface area contributed by atoms with Gasteiger partial charge >= 0.3 is 6.03 Å². The minimum atomic E-state index is -0.876. The molecular weight excluding hydrogens is 446 g/mol. The maximum absolute atomic E-state index is 13.4. The van der Waals surface area contributed by atoms with Crippen molar-refractivity contribution in [1.82, 2.24) is 5.32 Å². The second-order valence-electron chi connectivity index (χ2n) is 6.67. The lowest BCUT2D eigenvalue weighted by atomic mass is 10.1. The van der Waals surface area contributed by atoms with Gasteiger partial charge < -0.3 is 4.42 Å². The second kappa shape index (κ2) is 8.02. The van der Waals surface area contributed by atoms with Crippen molar-refractivity contribution in [2.75, 3.05) is 4.90 Å². The number of anilines is 1. The highest BCUT2D eigenvalue weighted by molar-refractivity contribution is 6.39. The number of urea groups is 1. The van der Waals surface area contributed by atoms with E-state index >= 15 is 0 Å². The first-order chi connectivity index (χ1) is 14.8. The van der Waals surface area contributed by atoms with E-state index in [4.69, 9.17) is 27.6 Å². The van der Waals surface area contributed by atoms with E-state index in [1.165, 1.54) is 30.3 Å². The molecule has 3 aromatic rings. The molecule has 1 aromatic heterocycles. The highest BCUT2D eigenvalue weighted by Crippen LogP contribution is 2.31. The molecule has 0 radical (unpaired) electrons. The highest BCUT2D eigenvalue weighted by Gasteiger charge is 2.37. The van der Waals surface area contributed by atoms with Crippen molar-refractivity contribution in [3.8, 4) is 11.3 Å². The van der Waals surface area contributed by atoms with Gasteiger partial charge in [-0.15, -0.1) is 0 Å². The van der Waals surface area contributed by atoms with Gasteiger partial charge in [-0.2, -0.15) is 0 Å². The summed E-state index contributed by atoms with van der Waals surface area (Å²) in [6, 6.07) is 11.1. The van der Waals surface area contributed by atoms with Crippen molar-refractivity contribution in [1.29, 1.82) is 0 Å². The smallest absolute Gasteiger partial charge is 0.335 e. The molecule has 31 heavy (non-hydrogen) atoms. The Hall–Kier alpha value is -3.42. The average molecular weight is 459 g/mol. The number of amides is 4. The third-order valence-corrected chi connectivity index (χ3v) is 5.40. The molecule has 4 rings (SSSR count). The van der Waals surface area contributed by atoms with Crippen molar-refractivity contribution in [3.63, 3.8) is 0 Å². The van der Waals surface area contributed by atoms with Gasteiger partial charge in [-0.3, -0.25) is 14.9 Å². The molecule has 9 heteroatoms. The van der Waals surface area contributed by atoms with Crippen LogP contribution in [0.1, 0.15) is 11.3 Å². The van der Waals surface area contributed by atoms with Crippen LogP contribution in [0.3, 0.4) is 0 Å². The van der Waals surface area contributed by atoms with Crippen LogP contribution >= 0.6 is 23.2 Å². The number of hydrogen-bond donors (Lipinski definition) is 1. The minimum absolute atomic E-state index is 0.0679. The molecule has 0 bridgehead atoms. The summed E-state index contributed by atoms with van der Waals surface area (Å²) >= 11 is 11.9. The van der Waals surface area contributed by atoms with Crippen LogP contribution in [0.15, 0.2) is 58.5 Å². The van der Waals surface area contributed by atoms with Crippen molar-refractivity contribution in [2.24, 2.45) is 0 Å². The Labute approximate surface area is 185 Å². The Balaban J connectivity index is 1.70. The zero-order chi connectivity index (χ0) is 22.3. The van der Waals surface area contributed by atoms with Crippen LogP contribution in [0.2, 0.25) is 10.0 Å². The predicted molar refractivity (Wildman–Crippen MR) is 114 cm³/mol. The molecule has 0 spiro atoms. The molecule has 1 aliphatic rings. The average Bonchev–Trinajstić information content (AvgIpc) is 3.19. The predicted octanol–water partition coefficient (Wildman–Crippen LogP) is 5.37. The van der Waals surface area contributed by atoms with E-state index in [-0.39, 0.29) is 22.0 Å². The molecule has 1 saturated heterocycles. The number of imide groups is 2. The number of carbonyl (C=O) groups is 3. The van der Waals surface area contributed by atoms with E-state index < -0.39 is 23.7 Å². The van der Waals surface area contributed by atoms with Gasteiger partial charge in [0.25, 0.3) is 11.8 Å². The molecule has 2 aromatic carbocycles. The van der Waals surface area contributed by atoms with Gasteiger partial charge in [0.05, 0.1) is 10.7 Å². The topological polar surface area (TPSA) is 79.6 Å². The first-order valence-electron chi connectivity index (χ1n) is 8.98. The summed E-state index contributed by atoms with van der Waals surface area (Å²) in [7, 11) is 0. The second-order valence-corrected chi connectivity index (χ2v) is 7.49. The van der Waals surface area contributed by atoms with Crippen molar-refractivity contribution in [2.45, 2.75) is 6.92 Å². The van der Waals surface area contributed by atoms with E-state index in [0.29, 0.717) is 21.9 Å². The molecule has 0 aliphatic carbocycles. The van der Waals surface area contributed by atoms with Crippen LogP contribution in [0.4, 0.5) is 14.9 Å². The standard InChI is InChI=1S/C22H13Cl2FN2O4/c1-11-15(23)3-2-4-18(11)27-21(29)14(20(28)26-22(27)30)10-13-6-8-19(31-13)12-5-7-17(25)16(24)9-12/h2-10H,1H3,(H,26,28,30)/b14-10-. The molecule has 2 heterocycles. The van der Waals surface area contributed by atoms with E-state index in [1.54, 1.807) is 31.2 Å². The summed E-state index contributed by atoms with van der Waals surface area (Å²) in [6.07, 6.45) is 1.23. The number of halogens is 3. The molecule has 156 valence electrons. The number of rotatable bonds is 3. The van der Waals surface area contributed by atoms with Gasteiger partial charge in [0.1, 0.15) is 22.9 Å². The summed E-state index contributed by atoms with van der Waals surface area (Å²) in [4.78, 5) is 38.5. The van der Waals surface area contributed by atoms with Gasteiger partial charge in [-0.25, -0.2) is 14.1 Å². The maximum Gasteiger partial charge on any atom is 0.335 e. The van der Waals surface area contributed by atoms with Crippen LogP contribution in [-0.4, -0.2) is 17.8 Å². The molecule has 0 atom stereocenters. The van der Waals surface area contributed by atoms with Gasteiger partial charge in [-0.1, -0.05) is 29.3 Å². The van der Waals surface area contributed by atoms with Gasteiger partial charge in [-0.05, 0) is 61.0 Å². The Bertz CT molecular complexity index is 1280. The van der Waals surface area contributed by atoms with Crippen LogP contribution in [0, 0.1) is 12.7 Å². The molecule has 1 aliphatic heterocycles. The van der Waals surface area contributed by atoms with E-state index in [1.807, 2.05) is 0 Å². The number of nitrogens with zero attached hydrogens (tertiary/aromatic N) is 1. The lowest BCUT2D eigenvalue weighted by molar-refractivity contribution is -0.122. The fraction of sp³-hybridized carbons (Fsp3) is 0.0455. The van der Waals surface area contributed by atoms with Crippen LogP contribution in [0.5, 0.6) is 0 Å². The first kappa shape index (κ1) is 20.8. The highest BCUT2D eigenvalue weighted by atomic mass is 35.5. The van der Waals surface area contributed by atoms with E-state index in [0.717, 1.165) is 4.90 Å². The molecule has 4 amide bonds. The molecule has 0 unspecified atom stereocenters. The summed E-state index contributed by atoms with van der Waals surface area (Å²) < 4.78 is 19.0. The maximum atomic E-state index is 13.4. The quantitative estimate of drug-likeness (QED) is 0.422. The Morgan fingerprint density at radius 1 is 1.03 bits per heavy atom. The summed E-state index contributed by atoms with van der Waals surface area (Å²) in [5, 5.41) is 2.44. The van der Waals surface area contributed by atoms with E-state index in [2.05, 4.69) is 5.32 Å². The lowest BCUT2D eigenvalue weighted by Gasteiger charge is -2.27. The van der Waals surface area contributed by atoms with Crippen molar-refractivity contribution < 1.29 is 23.2 Å². The van der Waals surface area contributed by atoms with Crippen LogP contribution in [0.25, 0.3) is 17.4 Å². The fourth-order valence-electron chi connectivity index (χ4n) is 3.09. The fourth-order valence-corrected chi connectivity index (χ4v) is 3.44. The van der Waals surface area contributed by atoms with Gasteiger partial charge in [0.15, 0.2) is 0 Å². The molecular formula is C22H13Cl2FN2O4. The SMILES string of the molecule is Cc1c(Cl)cccc1N1C(=O)NC(=O)/C(=C/c2ccc(-c3ccc(F)c(Cl)c3)o2)C1=O. The number of carbonyl (C=O) groups excluding carboxylic acids is 3. The number of barbiturate groups is 1. The Kier molecular flexibility index (Phi) is 5.39. The summed E-state index contributed by atoms with van der Waals surface area (Å²) in [5.74, 6) is -1.69. The van der Waals surface area contributed by atoms with Crippen molar-refractivity contribution >= 4 is 52.8 Å². The Morgan fingerprint density at radius 2 is 1.81 bits per heavy atom. The number of benzene rings is 2. The molecule has 0 saturated carbocycles. The minimum Gasteiger partial charge on any atom is -0.457 e. The third kappa shape index (κ3) is 3.85. The van der Waals surface area contributed by atoms with E-state index in [9.17, 15) is 18.8 Å². The first-order valence-corrected chi connectivity index (χ1v) is 9.73. The van der Waals surface area contributed by atoms with Gasteiger partial charge in [0, 0.05) is 10.6 Å². The number of nitrogens with one attached hydrogen (secondary N) is 1. The lowest BCUT2D eigenvalue weighted by Crippen LogP contribution is -2.54. The van der Waals surface area contributed by atoms with Gasteiger partial charge in [0.2, 0.25) is 0 Å². The normalized spacial score (nSPS) is 15.5. The molecule has 6 nitrogen and oxygen atoms in total. The summed E-state index contributed by atoms with van der Waals surface area (Å²) in [6.45, 7) is 1.66. The summed E-state index contributed by atoms with van der Waals surface area (Å²) in [5.41, 5.74) is 0.989. The number of furan rings is 1.